The predicted molar refractivity (Wildman–Crippen MR) is 141 cm³/mol. The van der Waals surface area contributed by atoms with Crippen LogP contribution in [-0.2, 0) is 15.8 Å². The first-order valence-electron chi connectivity index (χ1n) is 11.6. The molecule has 3 rings (SSSR count). The van der Waals surface area contributed by atoms with Crippen molar-refractivity contribution in [3.05, 3.63) is 34.5 Å². The number of halogens is 1. The maximum atomic E-state index is 9.94. The molecule has 0 aliphatic carbocycles. The molecule has 1 atom stereocenters. The number of hydrogen-bond acceptors (Lipinski definition) is 8. The number of rotatable bonds is 8. The van der Waals surface area contributed by atoms with E-state index in [0.717, 1.165) is 30.8 Å². The Bertz CT molecular complexity index is 998. The summed E-state index contributed by atoms with van der Waals surface area (Å²) < 4.78 is 11.9. The second-order valence-electron chi connectivity index (χ2n) is 10.4. The van der Waals surface area contributed by atoms with Crippen molar-refractivity contribution in [2.75, 3.05) is 23.8 Å². The zero-order chi connectivity index (χ0) is 25.1. The lowest BCUT2D eigenvalue weighted by Gasteiger charge is -2.36. The van der Waals surface area contributed by atoms with Gasteiger partial charge in [0.15, 0.2) is 8.32 Å². The van der Waals surface area contributed by atoms with E-state index in [1.807, 2.05) is 6.92 Å². The smallest absolute Gasteiger partial charge is 0.423 e. The fraction of sp³-hybridized carbons (Fsp3) is 0.565. The summed E-state index contributed by atoms with van der Waals surface area (Å²) in [5, 5.41) is 26.8. The van der Waals surface area contributed by atoms with Gasteiger partial charge in [0, 0.05) is 34.5 Å². The summed E-state index contributed by atoms with van der Waals surface area (Å²) >= 11 is 6.45. The lowest BCUT2D eigenvalue weighted by molar-refractivity contribution is 0.0875. The highest BCUT2D eigenvalue weighted by atomic mass is 35.5. The van der Waals surface area contributed by atoms with Crippen LogP contribution in [0, 0.1) is 6.92 Å². The monoisotopic (exact) mass is 506 g/mol. The second kappa shape index (κ2) is 10.9. The first-order chi connectivity index (χ1) is 15.9. The Kier molecular flexibility index (Phi) is 8.65. The highest BCUT2D eigenvalue weighted by molar-refractivity contribution is 6.74. The third-order valence-corrected chi connectivity index (χ3v) is 11.4. The van der Waals surface area contributed by atoms with Gasteiger partial charge in [-0.15, -0.1) is 0 Å². The van der Waals surface area contributed by atoms with Crippen molar-refractivity contribution in [2.45, 2.75) is 71.3 Å². The van der Waals surface area contributed by atoms with Crippen LogP contribution in [0.1, 0.15) is 44.7 Å². The average Bonchev–Trinajstić information content (AvgIpc) is 2.74. The number of ether oxygens (including phenoxy) is 1. The van der Waals surface area contributed by atoms with Gasteiger partial charge >= 0.3 is 7.12 Å². The van der Waals surface area contributed by atoms with Gasteiger partial charge in [0.05, 0.1) is 19.3 Å². The minimum atomic E-state index is -2.06. The number of benzene rings is 1. The molecule has 4 N–H and O–H groups in total. The fourth-order valence-electron chi connectivity index (χ4n) is 3.46. The summed E-state index contributed by atoms with van der Waals surface area (Å²) in [6.07, 6.45) is 3.81. The fourth-order valence-corrected chi connectivity index (χ4v) is 4.74. The van der Waals surface area contributed by atoms with Crippen LogP contribution < -0.4 is 16.1 Å². The minimum Gasteiger partial charge on any atom is -0.423 e. The van der Waals surface area contributed by atoms with Gasteiger partial charge in [-0.3, -0.25) is 0 Å². The van der Waals surface area contributed by atoms with Crippen molar-refractivity contribution in [3.8, 4) is 0 Å². The number of anilines is 3. The van der Waals surface area contributed by atoms with E-state index < -0.39 is 15.4 Å². The van der Waals surface area contributed by atoms with Crippen molar-refractivity contribution in [1.29, 1.82) is 0 Å². The van der Waals surface area contributed by atoms with Crippen molar-refractivity contribution in [1.82, 2.24) is 9.97 Å². The molecule has 1 fully saturated rings. The van der Waals surface area contributed by atoms with E-state index in [-0.39, 0.29) is 28.2 Å². The topological polar surface area (TPSA) is 109 Å². The van der Waals surface area contributed by atoms with E-state index >= 15 is 0 Å². The van der Waals surface area contributed by atoms with Crippen LogP contribution in [-0.4, -0.2) is 54.7 Å². The molecular formula is C23H36BClN4O4Si. The predicted octanol–water partition coefficient (Wildman–Crippen LogP) is 3.97. The molecule has 0 radical (unpaired) electrons. The normalized spacial score (nSPS) is 16.9. The second-order valence-corrected chi connectivity index (χ2v) is 15.6. The Hall–Kier alpha value is -1.69. The van der Waals surface area contributed by atoms with Crippen LogP contribution in [0.4, 0.5) is 17.5 Å². The molecule has 0 bridgehead atoms. The van der Waals surface area contributed by atoms with Crippen LogP contribution in [0.15, 0.2) is 18.3 Å². The molecule has 1 unspecified atom stereocenters. The summed E-state index contributed by atoms with van der Waals surface area (Å²) in [7, 11) is -3.76. The van der Waals surface area contributed by atoms with E-state index in [0.29, 0.717) is 23.8 Å². The first kappa shape index (κ1) is 26.9. The largest absolute Gasteiger partial charge is 0.490 e. The standard InChI is InChI=1S/C23H36BClN4O4Si/c1-15-12-26-22(29-21(15)27-17-8-7-9-32-14-17)28-18-10-16(20(24(30)31)19(25)11-18)13-33-34(5,6)23(2,3)4/h10-12,17,30-31H,7-9,13-14H2,1-6H3,(H2,26,27,28,29). The summed E-state index contributed by atoms with van der Waals surface area (Å²) in [6.45, 7) is 14.4. The Labute approximate surface area is 208 Å². The molecule has 1 aromatic carbocycles. The lowest BCUT2D eigenvalue weighted by atomic mass is 9.77. The molecule has 1 aromatic heterocycles. The van der Waals surface area contributed by atoms with Crippen molar-refractivity contribution >= 4 is 50.0 Å². The maximum Gasteiger partial charge on any atom is 0.490 e. The summed E-state index contributed by atoms with van der Waals surface area (Å²) in [5.41, 5.74) is 2.44. The third kappa shape index (κ3) is 6.71. The molecule has 11 heteroatoms. The van der Waals surface area contributed by atoms with Crippen LogP contribution in [0.2, 0.25) is 23.2 Å². The van der Waals surface area contributed by atoms with E-state index in [9.17, 15) is 10.0 Å². The average molecular weight is 507 g/mol. The quantitative estimate of drug-likeness (QED) is 0.398. The molecule has 0 saturated carbocycles. The molecular weight excluding hydrogens is 471 g/mol. The maximum absolute atomic E-state index is 9.94. The minimum absolute atomic E-state index is 0.0210. The molecule has 0 amide bonds. The number of aryl methyl sites for hydroxylation is 1. The van der Waals surface area contributed by atoms with Gasteiger partial charge in [-0.25, -0.2) is 4.98 Å². The highest BCUT2D eigenvalue weighted by Crippen LogP contribution is 2.37. The van der Waals surface area contributed by atoms with Gasteiger partial charge in [-0.1, -0.05) is 32.4 Å². The van der Waals surface area contributed by atoms with E-state index in [1.54, 1.807) is 18.3 Å². The summed E-state index contributed by atoms with van der Waals surface area (Å²) in [6, 6.07) is 3.66. The number of nitrogens with one attached hydrogen (secondary N) is 2. The Morgan fingerprint density at radius 1 is 1.29 bits per heavy atom. The summed E-state index contributed by atoms with van der Waals surface area (Å²) in [5.74, 6) is 1.16. The number of aromatic nitrogens is 2. The molecule has 186 valence electrons. The highest BCUT2D eigenvalue weighted by Gasteiger charge is 2.37. The summed E-state index contributed by atoms with van der Waals surface area (Å²) in [4.78, 5) is 9.04. The van der Waals surface area contributed by atoms with Crippen molar-refractivity contribution in [2.24, 2.45) is 0 Å². The molecule has 1 aliphatic heterocycles. The van der Waals surface area contributed by atoms with E-state index in [1.165, 1.54) is 0 Å². The van der Waals surface area contributed by atoms with Gasteiger partial charge in [-0.05, 0) is 55.6 Å². The van der Waals surface area contributed by atoms with Gasteiger partial charge in [0.2, 0.25) is 5.95 Å². The zero-order valence-electron chi connectivity index (χ0n) is 20.9. The number of nitrogens with zero attached hydrogens (tertiary/aromatic N) is 2. The molecule has 8 nitrogen and oxygen atoms in total. The molecule has 2 aromatic rings. The Morgan fingerprint density at radius 3 is 2.65 bits per heavy atom. The van der Waals surface area contributed by atoms with Crippen LogP contribution in [0.5, 0.6) is 0 Å². The zero-order valence-corrected chi connectivity index (χ0v) is 22.7. The van der Waals surface area contributed by atoms with Gasteiger partial charge in [-0.2, -0.15) is 4.98 Å². The van der Waals surface area contributed by atoms with Gasteiger partial charge < -0.3 is 29.8 Å². The molecule has 34 heavy (non-hydrogen) atoms. The van der Waals surface area contributed by atoms with Crippen molar-refractivity contribution in [3.63, 3.8) is 0 Å². The Balaban J connectivity index is 1.84. The molecule has 2 heterocycles. The van der Waals surface area contributed by atoms with E-state index in [2.05, 4.69) is 54.5 Å². The first-order valence-corrected chi connectivity index (χ1v) is 14.9. The number of hydrogen-bond donors (Lipinski definition) is 4. The SMILES string of the molecule is Cc1cnc(Nc2cc(Cl)c(B(O)O)c(CO[Si](C)(C)C(C)(C)C)c2)nc1NC1CCCOC1. The molecule has 1 saturated heterocycles. The molecule has 0 spiro atoms. The van der Waals surface area contributed by atoms with Crippen molar-refractivity contribution < 1.29 is 19.2 Å². The third-order valence-electron chi connectivity index (χ3n) is 6.60. The Morgan fingerprint density at radius 2 is 2.03 bits per heavy atom. The van der Waals surface area contributed by atoms with Gasteiger partial charge in [0.25, 0.3) is 0 Å². The van der Waals surface area contributed by atoms with E-state index in [4.69, 9.17) is 20.8 Å². The van der Waals surface area contributed by atoms with Crippen LogP contribution in [0.3, 0.4) is 0 Å². The van der Waals surface area contributed by atoms with Crippen LogP contribution in [0.25, 0.3) is 0 Å². The lowest BCUT2D eigenvalue weighted by Crippen LogP contribution is -2.42. The molecule has 1 aliphatic rings. The van der Waals surface area contributed by atoms with Gasteiger partial charge in [0.1, 0.15) is 5.82 Å². The van der Waals surface area contributed by atoms with Crippen LogP contribution >= 0.6 is 11.6 Å².